The Balaban J connectivity index is 2.69. The lowest BCUT2D eigenvalue weighted by atomic mass is 9.74. The lowest BCUT2D eigenvalue weighted by Crippen LogP contribution is -2.43. The van der Waals surface area contributed by atoms with Gasteiger partial charge in [-0.15, -0.1) is 0 Å². The van der Waals surface area contributed by atoms with Gasteiger partial charge >= 0.3 is 0 Å². The molecule has 70 valence electrons. The summed E-state index contributed by atoms with van der Waals surface area (Å²) in [6.07, 6.45) is 5.60. The molecule has 0 saturated carbocycles. The first-order chi connectivity index (χ1) is 5.31. The van der Waals surface area contributed by atoms with Crippen molar-refractivity contribution >= 4 is 0 Å². The quantitative estimate of drug-likeness (QED) is 0.585. The average molecular weight is 167 g/mol. The zero-order valence-corrected chi connectivity index (χ0v) is 8.94. The molecule has 12 heavy (non-hydrogen) atoms. The SMILES string of the molecule is CC1(C)C=CNC(C(C)(C)C)C1. The molecule has 0 amide bonds. The summed E-state index contributed by atoms with van der Waals surface area (Å²) in [7, 11) is 0. The Kier molecular flexibility index (Phi) is 2.24. The maximum Gasteiger partial charge on any atom is 0.0312 e. The third-order valence-corrected chi connectivity index (χ3v) is 2.61. The van der Waals surface area contributed by atoms with Crippen LogP contribution in [0.2, 0.25) is 0 Å². The Morgan fingerprint density at radius 3 is 2.25 bits per heavy atom. The average Bonchev–Trinajstić information content (AvgIpc) is 1.83. The molecule has 0 aliphatic carbocycles. The molecule has 0 aromatic rings. The Hall–Kier alpha value is -0.460. The van der Waals surface area contributed by atoms with Crippen molar-refractivity contribution in [3.63, 3.8) is 0 Å². The van der Waals surface area contributed by atoms with Gasteiger partial charge in [-0.2, -0.15) is 0 Å². The summed E-state index contributed by atoms with van der Waals surface area (Å²) in [5.74, 6) is 0. The van der Waals surface area contributed by atoms with Gasteiger partial charge in [0.25, 0.3) is 0 Å². The van der Waals surface area contributed by atoms with Gasteiger partial charge in [0.2, 0.25) is 0 Å². The van der Waals surface area contributed by atoms with Gasteiger partial charge in [0.1, 0.15) is 0 Å². The molecule has 0 radical (unpaired) electrons. The van der Waals surface area contributed by atoms with Crippen molar-refractivity contribution in [2.24, 2.45) is 10.8 Å². The predicted molar refractivity (Wildman–Crippen MR) is 53.9 cm³/mol. The maximum atomic E-state index is 3.43. The van der Waals surface area contributed by atoms with Crippen LogP contribution in [0.4, 0.5) is 0 Å². The molecule has 0 aromatic heterocycles. The fourth-order valence-corrected chi connectivity index (χ4v) is 1.60. The summed E-state index contributed by atoms with van der Waals surface area (Å²) in [4.78, 5) is 0. The van der Waals surface area contributed by atoms with E-state index in [-0.39, 0.29) is 0 Å². The van der Waals surface area contributed by atoms with Gasteiger partial charge in [0.05, 0.1) is 0 Å². The van der Waals surface area contributed by atoms with E-state index in [9.17, 15) is 0 Å². The molecule has 1 rings (SSSR count). The van der Waals surface area contributed by atoms with E-state index in [1.54, 1.807) is 0 Å². The molecule has 1 nitrogen and oxygen atoms in total. The predicted octanol–water partition coefficient (Wildman–Crippen LogP) is 2.93. The van der Waals surface area contributed by atoms with E-state index in [4.69, 9.17) is 0 Å². The molecule has 1 heteroatoms. The van der Waals surface area contributed by atoms with Crippen LogP contribution in [0.5, 0.6) is 0 Å². The fraction of sp³-hybridized carbons (Fsp3) is 0.818. The van der Waals surface area contributed by atoms with Crippen molar-refractivity contribution in [2.75, 3.05) is 0 Å². The maximum absolute atomic E-state index is 3.43. The number of nitrogens with one attached hydrogen (secondary N) is 1. The second kappa shape index (κ2) is 2.79. The lowest BCUT2D eigenvalue weighted by Gasteiger charge is -2.39. The summed E-state index contributed by atoms with van der Waals surface area (Å²) in [6, 6.07) is 0.609. The van der Waals surface area contributed by atoms with Crippen molar-refractivity contribution in [2.45, 2.75) is 47.1 Å². The normalized spacial score (nSPS) is 28.2. The minimum absolute atomic E-state index is 0.363. The van der Waals surface area contributed by atoms with Crippen LogP contribution in [0.3, 0.4) is 0 Å². The Labute approximate surface area is 76.2 Å². The van der Waals surface area contributed by atoms with Crippen LogP contribution in [0, 0.1) is 10.8 Å². The van der Waals surface area contributed by atoms with Crippen LogP contribution in [0.1, 0.15) is 41.0 Å². The summed E-state index contributed by atoms with van der Waals surface area (Å²) < 4.78 is 0. The monoisotopic (exact) mass is 167 g/mol. The van der Waals surface area contributed by atoms with Crippen molar-refractivity contribution in [1.29, 1.82) is 0 Å². The van der Waals surface area contributed by atoms with Gasteiger partial charge in [-0.05, 0) is 23.5 Å². The summed E-state index contributed by atoms with van der Waals surface area (Å²) in [5, 5.41) is 3.43. The fourth-order valence-electron chi connectivity index (χ4n) is 1.60. The Morgan fingerprint density at radius 1 is 1.33 bits per heavy atom. The minimum Gasteiger partial charge on any atom is -0.388 e. The van der Waals surface area contributed by atoms with Crippen LogP contribution in [-0.4, -0.2) is 6.04 Å². The third-order valence-electron chi connectivity index (χ3n) is 2.61. The van der Waals surface area contributed by atoms with Crippen LogP contribution < -0.4 is 5.32 Å². The minimum atomic E-state index is 0.363. The first-order valence-corrected chi connectivity index (χ1v) is 4.75. The first kappa shape index (κ1) is 9.63. The molecule has 0 bridgehead atoms. The molecule has 0 aromatic carbocycles. The third kappa shape index (κ3) is 2.26. The molecule has 0 saturated heterocycles. The van der Waals surface area contributed by atoms with E-state index < -0.39 is 0 Å². The van der Waals surface area contributed by atoms with Gasteiger partial charge in [-0.1, -0.05) is 40.7 Å². The van der Waals surface area contributed by atoms with Crippen molar-refractivity contribution in [3.05, 3.63) is 12.3 Å². The molecule has 1 aliphatic heterocycles. The van der Waals surface area contributed by atoms with Crippen LogP contribution in [0.25, 0.3) is 0 Å². The highest BCUT2D eigenvalue weighted by atomic mass is 14.9. The number of allylic oxidation sites excluding steroid dienone is 1. The second-order valence-electron chi connectivity index (χ2n) is 5.61. The van der Waals surface area contributed by atoms with Crippen molar-refractivity contribution in [3.8, 4) is 0 Å². The highest BCUT2D eigenvalue weighted by molar-refractivity contribution is 5.04. The standard InChI is InChI=1S/C11H21N/c1-10(2,3)9-8-11(4,5)6-7-12-9/h6-7,9,12H,8H2,1-5H3. The molecule has 1 heterocycles. The zero-order chi connectivity index (χ0) is 9.41. The molecular weight excluding hydrogens is 146 g/mol. The summed E-state index contributed by atoms with van der Waals surface area (Å²) in [5.41, 5.74) is 0.727. The van der Waals surface area contributed by atoms with Gasteiger partial charge in [-0.25, -0.2) is 0 Å². The summed E-state index contributed by atoms with van der Waals surface area (Å²) >= 11 is 0. The lowest BCUT2D eigenvalue weighted by molar-refractivity contribution is 0.211. The van der Waals surface area contributed by atoms with Gasteiger partial charge in [0.15, 0.2) is 0 Å². The summed E-state index contributed by atoms with van der Waals surface area (Å²) in [6.45, 7) is 11.5. The van der Waals surface area contributed by atoms with Crippen molar-refractivity contribution < 1.29 is 0 Å². The van der Waals surface area contributed by atoms with Crippen LogP contribution in [0.15, 0.2) is 12.3 Å². The molecular formula is C11H21N. The van der Waals surface area contributed by atoms with Gasteiger partial charge in [-0.3, -0.25) is 0 Å². The number of hydrogen-bond donors (Lipinski definition) is 1. The molecule has 0 fully saturated rings. The highest BCUT2D eigenvalue weighted by Crippen LogP contribution is 2.34. The molecule has 1 N–H and O–H groups in total. The number of hydrogen-bond acceptors (Lipinski definition) is 1. The molecule has 1 unspecified atom stereocenters. The molecule has 1 atom stereocenters. The van der Waals surface area contributed by atoms with Crippen molar-refractivity contribution in [1.82, 2.24) is 5.32 Å². The largest absolute Gasteiger partial charge is 0.388 e. The van der Waals surface area contributed by atoms with E-state index >= 15 is 0 Å². The van der Waals surface area contributed by atoms with Crippen LogP contribution >= 0.6 is 0 Å². The zero-order valence-electron chi connectivity index (χ0n) is 8.94. The topological polar surface area (TPSA) is 12.0 Å². The van der Waals surface area contributed by atoms with E-state index in [0.29, 0.717) is 16.9 Å². The van der Waals surface area contributed by atoms with Gasteiger partial charge in [0, 0.05) is 6.04 Å². The smallest absolute Gasteiger partial charge is 0.0312 e. The Bertz CT molecular complexity index is 184. The molecule has 0 spiro atoms. The highest BCUT2D eigenvalue weighted by Gasteiger charge is 2.31. The van der Waals surface area contributed by atoms with Crippen LogP contribution in [-0.2, 0) is 0 Å². The molecule has 1 aliphatic rings. The van der Waals surface area contributed by atoms with E-state index in [1.165, 1.54) is 6.42 Å². The number of rotatable bonds is 0. The first-order valence-electron chi connectivity index (χ1n) is 4.75. The Morgan fingerprint density at radius 2 is 1.92 bits per heavy atom. The van der Waals surface area contributed by atoms with E-state index in [0.717, 1.165) is 0 Å². The van der Waals surface area contributed by atoms with Gasteiger partial charge < -0.3 is 5.32 Å². The van der Waals surface area contributed by atoms with E-state index in [1.807, 2.05) is 0 Å². The second-order valence-corrected chi connectivity index (χ2v) is 5.61. The van der Waals surface area contributed by atoms with E-state index in [2.05, 4.69) is 52.2 Å².